The predicted molar refractivity (Wildman–Crippen MR) is 139 cm³/mol. The number of benzene rings is 2. The van der Waals surface area contributed by atoms with Crippen LogP contribution in [0.2, 0.25) is 5.02 Å². The van der Waals surface area contributed by atoms with Gasteiger partial charge < -0.3 is 21.1 Å². The Morgan fingerprint density at radius 1 is 1.24 bits per heavy atom. The molecule has 0 atom stereocenters. The number of nitrogens with one attached hydrogen (secondary N) is 2. The SMILES string of the molecule is COc1cc(C(N)=O)c(Cl)cc1Nc1ncc(C(F)(F)F)c(NCc2ccc(C)cc2N(C)S(C)(=O)=O)n1. The van der Waals surface area contributed by atoms with Gasteiger partial charge in [-0.3, -0.25) is 9.10 Å². The number of rotatable bonds is 9. The Morgan fingerprint density at radius 2 is 1.92 bits per heavy atom. The molecule has 0 bridgehead atoms. The number of hydrogen-bond donors (Lipinski definition) is 3. The molecule has 0 aliphatic heterocycles. The van der Waals surface area contributed by atoms with Gasteiger partial charge in [0.05, 0.1) is 35.3 Å². The Labute approximate surface area is 222 Å². The van der Waals surface area contributed by atoms with Crippen molar-refractivity contribution in [1.29, 1.82) is 0 Å². The second-order valence-electron chi connectivity index (χ2n) is 8.19. The molecule has 0 spiro atoms. The molecule has 3 rings (SSSR count). The number of aromatic nitrogens is 2. The topological polar surface area (TPSA) is 140 Å². The van der Waals surface area contributed by atoms with Crippen LogP contribution in [-0.4, -0.2) is 44.7 Å². The molecule has 0 aliphatic carbocycles. The van der Waals surface area contributed by atoms with Gasteiger partial charge in [0.15, 0.2) is 0 Å². The van der Waals surface area contributed by atoms with Crippen molar-refractivity contribution in [3.05, 3.63) is 63.8 Å². The van der Waals surface area contributed by atoms with E-state index in [0.29, 0.717) is 17.4 Å². The molecule has 3 aromatic rings. The Kier molecular flexibility index (Phi) is 8.27. The van der Waals surface area contributed by atoms with Crippen LogP contribution in [0, 0.1) is 6.92 Å². The largest absolute Gasteiger partial charge is 0.495 e. The Hall–Kier alpha value is -3.78. The number of nitrogens with zero attached hydrogens (tertiary/aromatic N) is 3. The van der Waals surface area contributed by atoms with Crippen molar-refractivity contribution in [2.24, 2.45) is 5.73 Å². The van der Waals surface area contributed by atoms with Gasteiger partial charge in [-0.2, -0.15) is 18.2 Å². The number of alkyl halides is 3. The first-order valence-electron chi connectivity index (χ1n) is 10.8. The van der Waals surface area contributed by atoms with Crippen LogP contribution in [0.3, 0.4) is 0 Å². The lowest BCUT2D eigenvalue weighted by Gasteiger charge is -2.22. The average molecular weight is 573 g/mol. The number of nitrogens with two attached hydrogens (primary N) is 1. The van der Waals surface area contributed by atoms with Crippen LogP contribution in [0.5, 0.6) is 5.75 Å². The molecule has 1 amide bonds. The quantitative estimate of drug-likeness (QED) is 0.344. The molecule has 4 N–H and O–H groups in total. The molecular weight excluding hydrogens is 549 g/mol. The molecule has 2 aromatic carbocycles. The summed E-state index contributed by atoms with van der Waals surface area (Å²) < 4.78 is 71.6. The van der Waals surface area contributed by atoms with Crippen molar-refractivity contribution >= 4 is 50.7 Å². The van der Waals surface area contributed by atoms with Gasteiger partial charge >= 0.3 is 6.18 Å². The Morgan fingerprint density at radius 3 is 2.50 bits per heavy atom. The van der Waals surface area contributed by atoms with E-state index in [-0.39, 0.29) is 34.5 Å². The van der Waals surface area contributed by atoms with Crippen molar-refractivity contribution in [3.63, 3.8) is 0 Å². The molecule has 38 heavy (non-hydrogen) atoms. The van der Waals surface area contributed by atoms with E-state index in [1.807, 2.05) is 0 Å². The number of carbonyl (C=O) groups is 1. The van der Waals surface area contributed by atoms with Gasteiger partial charge in [0.25, 0.3) is 0 Å². The van der Waals surface area contributed by atoms with Crippen molar-refractivity contribution in [2.45, 2.75) is 19.6 Å². The van der Waals surface area contributed by atoms with E-state index < -0.39 is 33.5 Å². The maximum atomic E-state index is 13.7. The molecule has 0 saturated heterocycles. The summed E-state index contributed by atoms with van der Waals surface area (Å²) in [5.74, 6) is -1.47. The van der Waals surface area contributed by atoms with E-state index in [2.05, 4.69) is 20.6 Å². The number of hydrogen-bond acceptors (Lipinski definition) is 8. The highest BCUT2D eigenvalue weighted by Crippen LogP contribution is 2.36. The number of ether oxygens (including phenoxy) is 1. The van der Waals surface area contributed by atoms with Gasteiger partial charge in [0.1, 0.15) is 17.1 Å². The smallest absolute Gasteiger partial charge is 0.421 e. The molecule has 0 aliphatic rings. The van der Waals surface area contributed by atoms with Crippen molar-refractivity contribution < 1.29 is 31.1 Å². The van der Waals surface area contributed by atoms with Gasteiger partial charge in [-0.15, -0.1) is 0 Å². The summed E-state index contributed by atoms with van der Waals surface area (Å²) >= 11 is 6.09. The van der Waals surface area contributed by atoms with Crippen LogP contribution in [0.4, 0.5) is 36.3 Å². The second kappa shape index (κ2) is 10.9. The lowest BCUT2D eigenvalue weighted by molar-refractivity contribution is -0.137. The van der Waals surface area contributed by atoms with Crippen LogP contribution in [-0.2, 0) is 22.7 Å². The van der Waals surface area contributed by atoms with E-state index in [1.54, 1.807) is 25.1 Å². The molecule has 1 aromatic heterocycles. The summed E-state index contributed by atoms with van der Waals surface area (Å²) in [6.45, 7) is 1.58. The molecule has 1 heterocycles. The van der Waals surface area contributed by atoms with Crippen molar-refractivity contribution in [3.8, 4) is 5.75 Å². The van der Waals surface area contributed by atoms with Gasteiger partial charge in [-0.25, -0.2) is 13.4 Å². The number of methoxy groups -OCH3 is 1. The van der Waals surface area contributed by atoms with Crippen molar-refractivity contribution in [1.82, 2.24) is 9.97 Å². The summed E-state index contributed by atoms with van der Waals surface area (Å²) in [6, 6.07) is 7.50. The minimum atomic E-state index is -4.79. The van der Waals surface area contributed by atoms with Crippen LogP contribution >= 0.6 is 11.6 Å². The first-order chi connectivity index (χ1) is 17.6. The average Bonchev–Trinajstić information content (AvgIpc) is 2.81. The zero-order valence-corrected chi connectivity index (χ0v) is 22.2. The standard InChI is InChI=1S/C23H24ClF3N6O4S/c1-12-5-6-13(18(7-12)33(2)38(4,35)36)10-29-21-15(23(25,26)27)11-30-22(32-21)31-17-9-16(24)14(20(28)34)8-19(17)37-3/h5-9,11H,10H2,1-4H3,(H2,28,34)(H2,29,30,31,32). The molecular formula is C23H24ClF3N6O4S. The predicted octanol–water partition coefficient (Wildman–Crippen LogP) is 4.32. The normalized spacial score (nSPS) is 11.7. The fraction of sp³-hybridized carbons (Fsp3) is 0.261. The van der Waals surface area contributed by atoms with Gasteiger partial charge in [-0.1, -0.05) is 23.7 Å². The number of amides is 1. The lowest BCUT2D eigenvalue weighted by Crippen LogP contribution is -2.26. The van der Waals surface area contributed by atoms with Crippen LogP contribution in [0.15, 0.2) is 36.5 Å². The number of sulfonamides is 1. The first-order valence-corrected chi connectivity index (χ1v) is 13.0. The summed E-state index contributed by atoms with van der Waals surface area (Å²) in [5.41, 5.74) is 5.78. The minimum Gasteiger partial charge on any atom is -0.495 e. The Balaban J connectivity index is 1.99. The molecule has 0 saturated carbocycles. The molecule has 0 fully saturated rings. The number of aryl methyl sites for hydroxylation is 1. The summed E-state index contributed by atoms with van der Waals surface area (Å²) in [5, 5.41) is 5.35. The fourth-order valence-corrected chi connectivity index (χ4v) is 4.17. The van der Waals surface area contributed by atoms with E-state index in [1.165, 1.54) is 26.3 Å². The third-order valence-corrected chi connectivity index (χ3v) is 6.92. The van der Waals surface area contributed by atoms with Crippen LogP contribution in [0.1, 0.15) is 27.0 Å². The van der Waals surface area contributed by atoms with Gasteiger partial charge in [0, 0.05) is 19.8 Å². The number of carbonyl (C=O) groups excluding carboxylic acids is 1. The highest BCUT2D eigenvalue weighted by molar-refractivity contribution is 7.92. The van der Waals surface area contributed by atoms with E-state index >= 15 is 0 Å². The maximum Gasteiger partial charge on any atom is 0.421 e. The summed E-state index contributed by atoms with van der Waals surface area (Å²) in [7, 11) is -0.968. The Bertz CT molecular complexity index is 1480. The molecule has 204 valence electrons. The molecule has 0 radical (unpaired) electrons. The zero-order chi connectivity index (χ0) is 28.4. The van der Waals surface area contributed by atoms with E-state index in [9.17, 15) is 26.4 Å². The number of anilines is 4. The first kappa shape index (κ1) is 28.8. The fourth-order valence-electron chi connectivity index (χ4n) is 3.39. The minimum absolute atomic E-state index is 0.0160. The van der Waals surface area contributed by atoms with Crippen LogP contribution < -0.4 is 25.4 Å². The summed E-state index contributed by atoms with van der Waals surface area (Å²) in [6.07, 6.45) is -3.17. The third kappa shape index (κ3) is 6.55. The second-order valence-corrected chi connectivity index (χ2v) is 10.6. The zero-order valence-electron chi connectivity index (χ0n) is 20.6. The molecule has 10 nitrogen and oxygen atoms in total. The number of primary amides is 1. The van der Waals surface area contributed by atoms with E-state index in [4.69, 9.17) is 22.1 Å². The third-order valence-electron chi connectivity index (χ3n) is 5.42. The molecule has 15 heteroatoms. The van der Waals surface area contributed by atoms with Gasteiger partial charge in [-0.05, 0) is 36.2 Å². The lowest BCUT2D eigenvalue weighted by atomic mass is 10.1. The number of halogens is 4. The summed E-state index contributed by atoms with van der Waals surface area (Å²) in [4.78, 5) is 19.3. The molecule has 0 unspecified atom stereocenters. The van der Waals surface area contributed by atoms with Crippen molar-refractivity contribution in [2.75, 3.05) is 35.4 Å². The maximum absolute atomic E-state index is 13.7. The van der Waals surface area contributed by atoms with E-state index in [0.717, 1.165) is 16.1 Å². The van der Waals surface area contributed by atoms with Crippen LogP contribution in [0.25, 0.3) is 0 Å². The van der Waals surface area contributed by atoms with Gasteiger partial charge in [0.2, 0.25) is 21.9 Å². The monoisotopic (exact) mass is 572 g/mol. The highest BCUT2D eigenvalue weighted by Gasteiger charge is 2.35. The highest BCUT2D eigenvalue weighted by atomic mass is 35.5.